The normalized spacial score (nSPS) is 10.4. The standard InChI is InChI=1S/C10H8ClN3/c1-6-3-9(11)14-10(6)7(2)8(4-12)5-13-14/h3,5H,1-2H3. The predicted molar refractivity (Wildman–Crippen MR) is 54.4 cm³/mol. The van der Waals surface area contributed by atoms with Gasteiger partial charge in [0.1, 0.15) is 11.2 Å². The van der Waals surface area contributed by atoms with Crippen molar-refractivity contribution in [1.29, 1.82) is 5.26 Å². The van der Waals surface area contributed by atoms with Gasteiger partial charge in [0.05, 0.1) is 17.3 Å². The number of nitrogens with zero attached hydrogens (tertiary/aromatic N) is 3. The molecule has 0 aromatic carbocycles. The summed E-state index contributed by atoms with van der Waals surface area (Å²) in [5, 5.41) is 13.5. The molecule has 0 spiro atoms. The Kier molecular flexibility index (Phi) is 1.94. The molecule has 0 saturated heterocycles. The van der Waals surface area contributed by atoms with Crippen LogP contribution in [-0.2, 0) is 0 Å². The Labute approximate surface area is 86.5 Å². The summed E-state index contributed by atoms with van der Waals surface area (Å²) >= 11 is 5.96. The van der Waals surface area contributed by atoms with Crippen LogP contribution in [0.1, 0.15) is 16.7 Å². The quantitative estimate of drug-likeness (QED) is 0.663. The van der Waals surface area contributed by atoms with Gasteiger partial charge in [-0.25, -0.2) is 4.52 Å². The Morgan fingerprint density at radius 3 is 2.86 bits per heavy atom. The zero-order chi connectivity index (χ0) is 10.3. The lowest BCUT2D eigenvalue weighted by Gasteiger charge is -2.01. The summed E-state index contributed by atoms with van der Waals surface area (Å²) in [6.07, 6.45) is 1.54. The summed E-state index contributed by atoms with van der Waals surface area (Å²) < 4.78 is 1.65. The highest BCUT2D eigenvalue weighted by molar-refractivity contribution is 6.30. The van der Waals surface area contributed by atoms with Gasteiger partial charge >= 0.3 is 0 Å². The number of nitriles is 1. The number of fused-ring (bicyclic) bond motifs is 1. The van der Waals surface area contributed by atoms with Crippen molar-refractivity contribution in [3.63, 3.8) is 0 Å². The first-order chi connectivity index (χ1) is 6.65. The third-order valence-corrected chi connectivity index (χ3v) is 2.57. The van der Waals surface area contributed by atoms with E-state index >= 15 is 0 Å². The summed E-state index contributed by atoms with van der Waals surface area (Å²) in [6.45, 7) is 3.86. The number of rotatable bonds is 0. The topological polar surface area (TPSA) is 41.1 Å². The van der Waals surface area contributed by atoms with Crippen LogP contribution in [0.25, 0.3) is 5.52 Å². The fourth-order valence-corrected chi connectivity index (χ4v) is 1.89. The van der Waals surface area contributed by atoms with Crippen LogP contribution in [-0.4, -0.2) is 9.61 Å². The van der Waals surface area contributed by atoms with E-state index in [4.69, 9.17) is 16.9 Å². The molecule has 2 rings (SSSR count). The van der Waals surface area contributed by atoms with Gasteiger partial charge in [-0.15, -0.1) is 0 Å². The second kappa shape index (κ2) is 3.00. The third kappa shape index (κ3) is 1.08. The molecule has 0 bridgehead atoms. The highest BCUT2D eigenvalue weighted by Crippen LogP contribution is 2.23. The summed E-state index contributed by atoms with van der Waals surface area (Å²) in [7, 11) is 0. The zero-order valence-electron chi connectivity index (χ0n) is 7.87. The first kappa shape index (κ1) is 9.04. The molecule has 0 aliphatic carbocycles. The van der Waals surface area contributed by atoms with E-state index in [9.17, 15) is 0 Å². The van der Waals surface area contributed by atoms with Crippen LogP contribution < -0.4 is 0 Å². The zero-order valence-corrected chi connectivity index (χ0v) is 8.63. The molecule has 0 N–H and O–H groups in total. The van der Waals surface area contributed by atoms with Crippen LogP contribution in [0.5, 0.6) is 0 Å². The Morgan fingerprint density at radius 2 is 2.21 bits per heavy atom. The van der Waals surface area contributed by atoms with Gasteiger partial charge in [-0.05, 0) is 31.0 Å². The molecular formula is C10H8ClN3. The fraction of sp³-hybridized carbons (Fsp3) is 0.200. The Hall–Kier alpha value is -1.53. The molecule has 3 nitrogen and oxygen atoms in total. The summed E-state index contributed by atoms with van der Waals surface area (Å²) in [5.41, 5.74) is 3.48. The second-order valence-corrected chi connectivity index (χ2v) is 3.59. The van der Waals surface area contributed by atoms with E-state index in [0.717, 1.165) is 16.6 Å². The van der Waals surface area contributed by atoms with Gasteiger partial charge in [0.25, 0.3) is 0 Å². The average Bonchev–Trinajstić information content (AvgIpc) is 2.44. The number of hydrogen-bond donors (Lipinski definition) is 0. The average molecular weight is 206 g/mol. The number of hydrogen-bond acceptors (Lipinski definition) is 2. The highest BCUT2D eigenvalue weighted by Gasteiger charge is 2.10. The molecule has 2 aromatic rings. The lowest BCUT2D eigenvalue weighted by molar-refractivity contribution is 0.928. The minimum atomic E-state index is 0.574. The second-order valence-electron chi connectivity index (χ2n) is 3.21. The van der Waals surface area contributed by atoms with Crippen molar-refractivity contribution >= 4 is 17.1 Å². The Balaban J connectivity index is 2.96. The summed E-state index contributed by atoms with van der Waals surface area (Å²) in [6, 6.07) is 3.95. The van der Waals surface area contributed by atoms with Gasteiger partial charge in [0.15, 0.2) is 0 Å². The molecule has 0 aliphatic heterocycles. The third-order valence-electron chi connectivity index (χ3n) is 2.31. The van der Waals surface area contributed by atoms with Crippen molar-refractivity contribution in [2.45, 2.75) is 13.8 Å². The molecule has 4 heteroatoms. The van der Waals surface area contributed by atoms with Crippen LogP contribution in [0.4, 0.5) is 0 Å². The van der Waals surface area contributed by atoms with Crippen molar-refractivity contribution in [1.82, 2.24) is 9.61 Å². The summed E-state index contributed by atoms with van der Waals surface area (Å²) in [4.78, 5) is 0. The van der Waals surface area contributed by atoms with Crippen molar-refractivity contribution < 1.29 is 0 Å². The monoisotopic (exact) mass is 205 g/mol. The molecular weight excluding hydrogens is 198 g/mol. The molecule has 0 aliphatic rings. The van der Waals surface area contributed by atoms with Crippen LogP contribution >= 0.6 is 11.6 Å². The van der Waals surface area contributed by atoms with Gasteiger partial charge < -0.3 is 0 Å². The number of aryl methyl sites for hydroxylation is 2. The van der Waals surface area contributed by atoms with E-state index < -0.39 is 0 Å². The minimum absolute atomic E-state index is 0.574. The van der Waals surface area contributed by atoms with Gasteiger partial charge in [-0.1, -0.05) is 11.6 Å². The number of halogens is 1. The van der Waals surface area contributed by atoms with Crippen LogP contribution in [0.15, 0.2) is 12.3 Å². The van der Waals surface area contributed by atoms with Gasteiger partial charge in [-0.2, -0.15) is 10.4 Å². The van der Waals surface area contributed by atoms with Crippen LogP contribution in [0.2, 0.25) is 5.15 Å². The van der Waals surface area contributed by atoms with E-state index in [1.807, 2.05) is 19.9 Å². The molecule has 0 radical (unpaired) electrons. The maximum Gasteiger partial charge on any atom is 0.131 e. The van der Waals surface area contributed by atoms with Crippen LogP contribution in [0, 0.1) is 25.2 Å². The fourth-order valence-electron chi connectivity index (χ4n) is 1.60. The lowest BCUT2D eigenvalue weighted by atomic mass is 10.1. The molecule has 0 atom stereocenters. The smallest absolute Gasteiger partial charge is 0.131 e. The van der Waals surface area contributed by atoms with E-state index in [-0.39, 0.29) is 0 Å². The SMILES string of the molecule is Cc1cc(Cl)n2ncc(C#N)c(C)c12. The number of aromatic nitrogens is 2. The molecule has 0 saturated carbocycles. The van der Waals surface area contributed by atoms with Crippen molar-refractivity contribution in [3.05, 3.63) is 34.1 Å². The molecule has 0 fully saturated rings. The van der Waals surface area contributed by atoms with Gasteiger partial charge in [0.2, 0.25) is 0 Å². The van der Waals surface area contributed by atoms with Crippen molar-refractivity contribution in [3.8, 4) is 6.07 Å². The van der Waals surface area contributed by atoms with E-state index in [2.05, 4.69) is 11.2 Å². The summed E-state index contributed by atoms with van der Waals surface area (Å²) in [5.74, 6) is 0. The van der Waals surface area contributed by atoms with E-state index in [0.29, 0.717) is 10.7 Å². The Morgan fingerprint density at radius 1 is 1.50 bits per heavy atom. The van der Waals surface area contributed by atoms with Gasteiger partial charge in [0, 0.05) is 0 Å². The van der Waals surface area contributed by atoms with E-state index in [1.165, 1.54) is 6.20 Å². The lowest BCUT2D eigenvalue weighted by Crippen LogP contribution is -1.96. The molecule has 0 amide bonds. The maximum absolute atomic E-state index is 8.84. The molecule has 2 aromatic heterocycles. The Bertz CT molecular complexity index is 548. The first-order valence-electron chi connectivity index (χ1n) is 4.18. The predicted octanol–water partition coefficient (Wildman–Crippen LogP) is 2.48. The molecule has 70 valence electrons. The van der Waals surface area contributed by atoms with Crippen molar-refractivity contribution in [2.75, 3.05) is 0 Å². The maximum atomic E-state index is 8.84. The highest BCUT2D eigenvalue weighted by atomic mass is 35.5. The van der Waals surface area contributed by atoms with Gasteiger partial charge in [-0.3, -0.25) is 0 Å². The molecule has 14 heavy (non-hydrogen) atoms. The van der Waals surface area contributed by atoms with Crippen molar-refractivity contribution in [2.24, 2.45) is 0 Å². The molecule has 2 heterocycles. The molecule has 0 unspecified atom stereocenters. The van der Waals surface area contributed by atoms with Crippen LogP contribution in [0.3, 0.4) is 0 Å². The van der Waals surface area contributed by atoms with E-state index in [1.54, 1.807) is 4.52 Å². The minimum Gasteiger partial charge on any atom is -0.222 e. The first-order valence-corrected chi connectivity index (χ1v) is 4.56. The largest absolute Gasteiger partial charge is 0.222 e.